The van der Waals surface area contributed by atoms with E-state index in [0.29, 0.717) is 10.8 Å². The van der Waals surface area contributed by atoms with Gasteiger partial charge in [0, 0.05) is 21.7 Å². The molecule has 6 nitrogen and oxygen atoms in total. The summed E-state index contributed by atoms with van der Waals surface area (Å²) >= 11 is 3.07. The van der Waals surface area contributed by atoms with E-state index in [1.54, 1.807) is 23.5 Å². The quantitative estimate of drug-likeness (QED) is 0.693. The number of hydrogen-bond donors (Lipinski definition) is 1. The predicted octanol–water partition coefficient (Wildman–Crippen LogP) is 4.26. The van der Waals surface area contributed by atoms with Crippen LogP contribution in [0.4, 0.5) is 5.13 Å². The van der Waals surface area contributed by atoms with Crippen LogP contribution in [0.25, 0.3) is 0 Å². The highest BCUT2D eigenvalue weighted by molar-refractivity contribution is 7.14. The van der Waals surface area contributed by atoms with Crippen molar-refractivity contribution in [1.82, 2.24) is 9.88 Å². The number of carbonyl (C=O) groups excluding carboxylic acids is 2. The average Bonchev–Trinajstić information content (AvgIpc) is 3.42. The SMILES string of the molecule is Cc1ccc(C2CCCN2C(=O)Cc2csc(NC(=O)c3ccco3)n2)s1. The number of anilines is 1. The van der Waals surface area contributed by atoms with Crippen molar-refractivity contribution in [3.05, 3.63) is 57.1 Å². The van der Waals surface area contributed by atoms with Crippen LogP contribution in [0.5, 0.6) is 0 Å². The van der Waals surface area contributed by atoms with Gasteiger partial charge in [0.1, 0.15) is 0 Å². The van der Waals surface area contributed by atoms with E-state index in [2.05, 4.69) is 29.4 Å². The zero-order chi connectivity index (χ0) is 18.8. The summed E-state index contributed by atoms with van der Waals surface area (Å²) < 4.78 is 5.07. The molecule has 0 spiro atoms. The van der Waals surface area contributed by atoms with Crippen LogP contribution in [0.15, 0.2) is 40.3 Å². The van der Waals surface area contributed by atoms with E-state index in [1.807, 2.05) is 10.3 Å². The smallest absolute Gasteiger partial charge is 0.293 e. The van der Waals surface area contributed by atoms with Gasteiger partial charge >= 0.3 is 0 Å². The minimum atomic E-state index is -0.347. The topological polar surface area (TPSA) is 75.4 Å². The molecule has 27 heavy (non-hydrogen) atoms. The maximum absolute atomic E-state index is 12.8. The van der Waals surface area contributed by atoms with E-state index < -0.39 is 0 Å². The molecule has 1 aliphatic heterocycles. The molecule has 140 valence electrons. The number of aromatic nitrogens is 1. The molecule has 8 heteroatoms. The Morgan fingerprint density at radius 3 is 3.00 bits per heavy atom. The van der Waals surface area contributed by atoms with Crippen molar-refractivity contribution < 1.29 is 14.0 Å². The molecule has 0 saturated carbocycles. The van der Waals surface area contributed by atoms with Crippen molar-refractivity contribution in [3.63, 3.8) is 0 Å². The van der Waals surface area contributed by atoms with Crippen molar-refractivity contribution >= 4 is 39.6 Å². The van der Waals surface area contributed by atoms with Crippen LogP contribution in [-0.2, 0) is 11.2 Å². The van der Waals surface area contributed by atoms with Gasteiger partial charge in [-0.05, 0) is 44.0 Å². The van der Waals surface area contributed by atoms with Crippen LogP contribution >= 0.6 is 22.7 Å². The lowest BCUT2D eigenvalue weighted by atomic mass is 10.1. The fraction of sp³-hybridized carbons (Fsp3) is 0.316. The predicted molar refractivity (Wildman–Crippen MR) is 105 cm³/mol. The molecule has 1 unspecified atom stereocenters. The van der Waals surface area contributed by atoms with Gasteiger partial charge in [-0.3, -0.25) is 14.9 Å². The van der Waals surface area contributed by atoms with Gasteiger partial charge in [-0.1, -0.05) is 0 Å². The molecule has 3 aromatic rings. The first-order valence-corrected chi connectivity index (χ1v) is 10.4. The van der Waals surface area contributed by atoms with E-state index in [1.165, 1.54) is 27.4 Å². The molecule has 1 N–H and O–H groups in total. The lowest BCUT2D eigenvalue weighted by Gasteiger charge is -2.23. The molecule has 4 heterocycles. The highest BCUT2D eigenvalue weighted by Gasteiger charge is 2.31. The monoisotopic (exact) mass is 401 g/mol. The second kappa shape index (κ2) is 7.66. The number of nitrogens with one attached hydrogen (secondary N) is 1. The fourth-order valence-electron chi connectivity index (χ4n) is 3.26. The first-order chi connectivity index (χ1) is 13.1. The van der Waals surface area contributed by atoms with Crippen LogP contribution in [0.3, 0.4) is 0 Å². The van der Waals surface area contributed by atoms with Crippen LogP contribution in [0.1, 0.15) is 44.9 Å². The highest BCUT2D eigenvalue weighted by atomic mass is 32.1. The van der Waals surface area contributed by atoms with E-state index in [-0.39, 0.29) is 30.0 Å². The molecule has 4 rings (SSSR count). The summed E-state index contributed by atoms with van der Waals surface area (Å²) in [5, 5.41) is 4.98. The number of furan rings is 1. The number of aryl methyl sites for hydroxylation is 1. The number of amides is 2. The lowest BCUT2D eigenvalue weighted by molar-refractivity contribution is -0.131. The average molecular weight is 402 g/mol. The molecule has 0 bridgehead atoms. The Morgan fingerprint density at radius 2 is 2.26 bits per heavy atom. The molecule has 0 aromatic carbocycles. The maximum Gasteiger partial charge on any atom is 0.293 e. The van der Waals surface area contributed by atoms with Crippen LogP contribution < -0.4 is 5.32 Å². The summed E-state index contributed by atoms with van der Waals surface area (Å²) in [6.07, 6.45) is 3.72. The minimum absolute atomic E-state index is 0.0813. The zero-order valence-corrected chi connectivity index (χ0v) is 16.4. The second-order valence-electron chi connectivity index (χ2n) is 6.45. The summed E-state index contributed by atoms with van der Waals surface area (Å²) in [5.74, 6) is -0.0355. The molecular formula is C19H19N3O3S2. The van der Waals surface area contributed by atoms with Crippen LogP contribution in [-0.4, -0.2) is 28.2 Å². The van der Waals surface area contributed by atoms with Gasteiger partial charge in [-0.25, -0.2) is 4.98 Å². The summed E-state index contributed by atoms with van der Waals surface area (Å²) in [6.45, 7) is 2.87. The number of carbonyl (C=O) groups is 2. The Labute approximate surface area is 164 Å². The number of nitrogens with zero attached hydrogens (tertiary/aromatic N) is 2. The van der Waals surface area contributed by atoms with E-state index in [9.17, 15) is 9.59 Å². The maximum atomic E-state index is 12.8. The Balaban J connectivity index is 1.39. The van der Waals surface area contributed by atoms with Crippen molar-refractivity contribution in [2.75, 3.05) is 11.9 Å². The first kappa shape index (κ1) is 17.9. The second-order valence-corrected chi connectivity index (χ2v) is 8.62. The molecule has 3 aromatic heterocycles. The Morgan fingerprint density at radius 1 is 1.37 bits per heavy atom. The van der Waals surface area contributed by atoms with Crippen molar-refractivity contribution in [2.24, 2.45) is 0 Å². The van der Waals surface area contributed by atoms with Crippen molar-refractivity contribution in [1.29, 1.82) is 0 Å². The third-order valence-corrected chi connectivity index (χ3v) is 6.42. The molecular weight excluding hydrogens is 382 g/mol. The summed E-state index contributed by atoms with van der Waals surface area (Å²) in [4.78, 5) is 33.7. The van der Waals surface area contributed by atoms with Crippen LogP contribution in [0, 0.1) is 6.92 Å². The number of thiazole rings is 1. The molecule has 1 fully saturated rings. The third-order valence-electron chi connectivity index (χ3n) is 4.51. The van der Waals surface area contributed by atoms with E-state index in [4.69, 9.17) is 4.42 Å². The van der Waals surface area contributed by atoms with Gasteiger partial charge in [0.05, 0.1) is 24.4 Å². The highest BCUT2D eigenvalue weighted by Crippen LogP contribution is 2.36. The summed E-state index contributed by atoms with van der Waals surface area (Å²) in [5.41, 5.74) is 0.674. The van der Waals surface area contributed by atoms with Gasteiger partial charge in [-0.15, -0.1) is 22.7 Å². The Hall–Kier alpha value is -2.45. The van der Waals surface area contributed by atoms with E-state index >= 15 is 0 Å². The zero-order valence-electron chi connectivity index (χ0n) is 14.8. The normalized spacial score (nSPS) is 16.6. The Kier molecular flexibility index (Phi) is 5.09. The van der Waals surface area contributed by atoms with Gasteiger partial charge in [-0.2, -0.15) is 0 Å². The number of likely N-dealkylation sites (tertiary alicyclic amines) is 1. The minimum Gasteiger partial charge on any atom is -0.459 e. The molecule has 0 radical (unpaired) electrons. The molecule has 2 amide bonds. The number of hydrogen-bond acceptors (Lipinski definition) is 6. The Bertz CT molecular complexity index is 945. The molecule has 1 atom stereocenters. The van der Waals surface area contributed by atoms with Gasteiger partial charge < -0.3 is 9.32 Å². The van der Waals surface area contributed by atoms with E-state index in [0.717, 1.165) is 19.4 Å². The van der Waals surface area contributed by atoms with Gasteiger partial charge in [0.2, 0.25) is 5.91 Å². The summed E-state index contributed by atoms with van der Waals surface area (Å²) in [6, 6.07) is 7.65. The van der Waals surface area contributed by atoms with Crippen molar-refractivity contribution in [3.8, 4) is 0 Å². The molecule has 1 saturated heterocycles. The molecule has 1 aliphatic rings. The third kappa shape index (κ3) is 3.96. The van der Waals surface area contributed by atoms with Gasteiger partial charge in [0.25, 0.3) is 5.91 Å². The fourth-order valence-corrected chi connectivity index (χ4v) is 4.99. The standard InChI is InChI=1S/C19H19N3O3S2/c1-12-6-7-16(27-12)14-4-2-8-22(14)17(23)10-13-11-26-19(20-13)21-18(24)15-5-3-9-25-15/h3,5-7,9,11,14H,2,4,8,10H2,1H3,(H,20,21,24). The van der Waals surface area contributed by atoms with Crippen molar-refractivity contribution in [2.45, 2.75) is 32.2 Å². The number of rotatable bonds is 5. The lowest BCUT2D eigenvalue weighted by Crippen LogP contribution is -2.31. The molecule has 0 aliphatic carbocycles. The number of thiophene rings is 1. The largest absolute Gasteiger partial charge is 0.459 e. The first-order valence-electron chi connectivity index (χ1n) is 8.75. The van der Waals surface area contributed by atoms with Gasteiger partial charge in [0.15, 0.2) is 10.9 Å². The van der Waals surface area contributed by atoms with Crippen LogP contribution in [0.2, 0.25) is 0 Å². The summed E-state index contributed by atoms with van der Waals surface area (Å²) in [7, 11) is 0.